The minimum Gasteiger partial charge on any atom is -0.433 e. The van der Waals surface area contributed by atoms with Crippen LogP contribution in [0, 0.1) is 12.7 Å². The fourth-order valence-electron chi connectivity index (χ4n) is 4.09. The first-order valence-electron chi connectivity index (χ1n) is 10.8. The summed E-state index contributed by atoms with van der Waals surface area (Å²) >= 11 is 0. The van der Waals surface area contributed by atoms with Crippen LogP contribution in [-0.2, 0) is 15.4 Å². The van der Waals surface area contributed by atoms with Crippen molar-refractivity contribution in [2.24, 2.45) is 10.7 Å². The number of carbonyl (C=O) groups is 1. The van der Waals surface area contributed by atoms with E-state index in [0.717, 1.165) is 12.3 Å². The average Bonchev–Trinajstić information content (AvgIpc) is 2.77. The Morgan fingerprint density at radius 3 is 2.51 bits per heavy atom. The standard InChI is InChI=1S/C23H27F3N4O4S/c1-6-22(4)20(27)30-23(5,13(3)35(22,32)33)16-10-14(7-8-17(16)24)29-19(31)18-12(2)9-15(11-28-18)34-21(25)26/h7-11,13,21H,6H2,1-5H3,(H2,27,30)(H,29,31)/t13?,22-,23+/m1/s1. The minimum atomic E-state index is -3.86. The molecule has 1 aliphatic heterocycles. The molecular weight excluding hydrogens is 485 g/mol. The summed E-state index contributed by atoms with van der Waals surface area (Å²) in [6.45, 7) is 4.59. The Kier molecular flexibility index (Phi) is 6.91. The molecule has 1 aromatic heterocycles. The molecule has 1 aromatic carbocycles. The van der Waals surface area contributed by atoms with Crippen LogP contribution in [0.2, 0.25) is 0 Å². The van der Waals surface area contributed by atoms with Gasteiger partial charge in [0.15, 0.2) is 9.84 Å². The van der Waals surface area contributed by atoms with Gasteiger partial charge in [0.2, 0.25) is 0 Å². The van der Waals surface area contributed by atoms with Crippen molar-refractivity contribution >= 4 is 27.3 Å². The van der Waals surface area contributed by atoms with Gasteiger partial charge >= 0.3 is 6.61 Å². The number of ether oxygens (including phenoxy) is 1. The van der Waals surface area contributed by atoms with Gasteiger partial charge in [-0.2, -0.15) is 8.78 Å². The molecule has 1 amide bonds. The Bertz CT molecular complexity index is 1300. The normalized spacial score (nSPS) is 25.7. The highest BCUT2D eigenvalue weighted by atomic mass is 32.2. The fourth-order valence-corrected chi connectivity index (χ4v) is 6.40. The molecular formula is C23H27F3N4O4S. The van der Waals surface area contributed by atoms with E-state index in [1.807, 2.05) is 0 Å². The molecule has 190 valence electrons. The predicted molar refractivity (Wildman–Crippen MR) is 126 cm³/mol. The van der Waals surface area contributed by atoms with Crippen LogP contribution >= 0.6 is 0 Å². The molecule has 2 heterocycles. The Morgan fingerprint density at radius 1 is 1.29 bits per heavy atom. The van der Waals surface area contributed by atoms with E-state index in [9.17, 15) is 26.4 Å². The first kappa shape index (κ1) is 26.5. The van der Waals surface area contributed by atoms with Crippen molar-refractivity contribution in [3.63, 3.8) is 0 Å². The van der Waals surface area contributed by atoms with Crippen LogP contribution in [-0.4, -0.2) is 41.8 Å². The summed E-state index contributed by atoms with van der Waals surface area (Å²) in [4.78, 5) is 21.1. The molecule has 8 nitrogen and oxygen atoms in total. The summed E-state index contributed by atoms with van der Waals surface area (Å²) in [7, 11) is -3.86. The third kappa shape index (κ3) is 4.46. The molecule has 0 radical (unpaired) electrons. The van der Waals surface area contributed by atoms with Gasteiger partial charge in [0.25, 0.3) is 5.91 Å². The molecule has 0 aliphatic carbocycles. The first-order valence-corrected chi connectivity index (χ1v) is 12.3. The van der Waals surface area contributed by atoms with Crippen molar-refractivity contribution in [1.29, 1.82) is 0 Å². The highest BCUT2D eigenvalue weighted by Gasteiger charge is 2.56. The summed E-state index contributed by atoms with van der Waals surface area (Å²) in [6, 6.07) is 4.93. The molecule has 1 aliphatic rings. The Balaban J connectivity index is 1.99. The van der Waals surface area contributed by atoms with Crippen molar-refractivity contribution in [2.45, 2.75) is 63.2 Å². The maximum absolute atomic E-state index is 15.0. The quantitative estimate of drug-likeness (QED) is 0.604. The number of aromatic nitrogens is 1. The number of nitrogens with one attached hydrogen (secondary N) is 1. The number of alkyl halides is 2. The monoisotopic (exact) mass is 512 g/mol. The molecule has 0 saturated carbocycles. The second kappa shape index (κ2) is 9.14. The van der Waals surface area contributed by atoms with E-state index in [2.05, 4.69) is 20.0 Å². The maximum Gasteiger partial charge on any atom is 0.387 e. The number of nitrogens with zero attached hydrogens (tertiary/aromatic N) is 2. The zero-order chi connectivity index (χ0) is 26.3. The number of amidine groups is 1. The number of hydrogen-bond acceptors (Lipinski definition) is 7. The van der Waals surface area contributed by atoms with Gasteiger partial charge < -0.3 is 15.8 Å². The topological polar surface area (TPSA) is 124 Å². The predicted octanol–water partition coefficient (Wildman–Crippen LogP) is 3.94. The van der Waals surface area contributed by atoms with Crippen LogP contribution < -0.4 is 15.8 Å². The molecule has 3 N–H and O–H groups in total. The zero-order valence-electron chi connectivity index (χ0n) is 19.9. The second-order valence-corrected chi connectivity index (χ2v) is 11.5. The number of carbonyl (C=O) groups excluding carboxylic acids is 1. The van der Waals surface area contributed by atoms with Gasteiger partial charge in [0.1, 0.15) is 33.4 Å². The smallest absolute Gasteiger partial charge is 0.387 e. The zero-order valence-corrected chi connectivity index (χ0v) is 20.7. The van der Waals surface area contributed by atoms with Crippen LogP contribution in [0.15, 0.2) is 35.5 Å². The van der Waals surface area contributed by atoms with E-state index in [-0.39, 0.29) is 40.5 Å². The van der Waals surface area contributed by atoms with E-state index in [1.165, 1.54) is 45.9 Å². The van der Waals surface area contributed by atoms with Crippen molar-refractivity contribution in [2.75, 3.05) is 5.32 Å². The van der Waals surface area contributed by atoms with E-state index in [1.54, 1.807) is 6.92 Å². The molecule has 12 heteroatoms. The van der Waals surface area contributed by atoms with Crippen molar-refractivity contribution in [3.8, 4) is 5.75 Å². The van der Waals surface area contributed by atoms with Gasteiger partial charge in [-0.05, 0) is 63.9 Å². The summed E-state index contributed by atoms with van der Waals surface area (Å²) in [5.74, 6) is -1.71. The average molecular weight is 513 g/mol. The van der Waals surface area contributed by atoms with Crippen LogP contribution in [0.4, 0.5) is 18.9 Å². The number of aliphatic imine (C=N–C) groups is 1. The fraction of sp³-hybridized carbons (Fsp3) is 0.435. The van der Waals surface area contributed by atoms with Crippen LogP contribution in [0.5, 0.6) is 5.75 Å². The molecule has 35 heavy (non-hydrogen) atoms. The van der Waals surface area contributed by atoms with E-state index in [4.69, 9.17) is 5.73 Å². The van der Waals surface area contributed by atoms with E-state index < -0.39 is 43.7 Å². The lowest BCUT2D eigenvalue weighted by atomic mass is 9.87. The number of halogens is 3. The molecule has 0 spiro atoms. The van der Waals surface area contributed by atoms with Crippen LogP contribution in [0.1, 0.15) is 55.7 Å². The first-order chi connectivity index (χ1) is 16.2. The molecule has 3 atom stereocenters. The SMILES string of the molecule is CC[C@]1(C)C(N)=N[C@](C)(c2cc(NC(=O)c3ncc(OC(F)F)cc3C)ccc2F)C(C)S1(=O)=O. The van der Waals surface area contributed by atoms with Gasteiger partial charge in [-0.25, -0.2) is 17.8 Å². The number of sulfone groups is 1. The summed E-state index contributed by atoms with van der Waals surface area (Å²) in [5, 5.41) is 1.46. The van der Waals surface area contributed by atoms with Gasteiger partial charge in [-0.1, -0.05) is 6.92 Å². The lowest BCUT2D eigenvalue weighted by Crippen LogP contribution is -2.60. The second-order valence-electron chi connectivity index (χ2n) is 8.78. The number of benzene rings is 1. The molecule has 3 rings (SSSR count). The van der Waals surface area contributed by atoms with Gasteiger partial charge in [-0.15, -0.1) is 0 Å². The Labute approximate surface area is 201 Å². The van der Waals surface area contributed by atoms with Crippen molar-refractivity contribution < 1.29 is 31.1 Å². The minimum absolute atomic E-state index is 0.0571. The van der Waals surface area contributed by atoms with Crippen LogP contribution in [0.25, 0.3) is 0 Å². The number of pyridine rings is 1. The molecule has 0 bridgehead atoms. The van der Waals surface area contributed by atoms with E-state index >= 15 is 0 Å². The van der Waals surface area contributed by atoms with Crippen molar-refractivity contribution in [3.05, 3.63) is 53.1 Å². The Hall–Kier alpha value is -3.15. The third-order valence-corrected chi connectivity index (χ3v) is 9.86. The van der Waals surface area contributed by atoms with Crippen molar-refractivity contribution in [1.82, 2.24) is 4.98 Å². The molecule has 1 unspecified atom stereocenters. The third-order valence-electron chi connectivity index (χ3n) is 6.72. The van der Waals surface area contributed by atoms with Gasteiger partial charge in [-0.3, -0.25) is 9.79 Å². The van der Waals surface area contributed by atoms with Gasteiger partial charge in [0, 0.05) is 11.3 Å². The number of aryl methyl sites for hydroxylation is 1. The highest BCUT2D eigenvalue weighted by Crippen LogP contribution is 2.44. The number of hydrogen-bond donors (Lipinski definition) is 2. The van der Waals surface area contributed by atoms with Crippen LogP contribution in [0.3, 0.4) is 0 Å². The van der Waals surface area contributed by atoms with E-state index in [0.29, 0.717) is 0 Å². The molecule has 0 fully saturated rings. The summed E-state index contributed by atoms with van der Waals surface area (Å²) < 4.78 is 69.4. The molecule has 2 aromatic rings. The van der Waals surface area contributed by atoms with Gasteiger partial charge in [0.05, 0.1) is 11.4 Å². The largest absolute Gasteiger partial charge is 0.433 e. The number of rotatable bonds is 6. The highest BCUT2D eigenvalue weighted by molar-refractivity contribution is 7.94. The number of anilines is 1. The summed E-state index contributed by atoms with van der Waals surface area (Å²) in [5.41, 5.74) is 4.86. The number of amides is 1. The maximum atomic E-state index is 15.0. The molecule has 0 saturated heterocycles. The lowest BCUT2D eigenvalue weighted by Gasteiger charge is -2.44. The Morgan fingerprint density at radius 2 is 1.94 bits per heavy atom. The summed E-state index contributed by atoms with van der Waals surface area (Å²) in [6.07, 6.45) is 1.19. The number of nitrogens with two attached hydrogens (primary N) is 1. The lowest BCUT2D eigenvalue weighted by molar-refractivity contribution is -0.0501.